The number of para-hydroxylation sites is 1. The van der Waals surface area contributed by atoms with E-state index in [0.29, 0.717) is 22.4 Å². The van der Waals surface area contributed by atoms with Gasteiger partial charge in [0.25, 0.3) is 0 Å². The lowest BCUT2D eigenvalue weighted by molar-refractivity contribution is -0.274. The fraction of sp³-hybridized carbons (Fsp3) is 0.179. The summed E-state index contributed by atoms with van der Waals surface area (Å²) in [6.45, 7) is -0.126. The molecule has 5 aromatic rings. The Morgan fingerprint density at radius 1 is 0.804 bits per heavy atom. The van der Waals surface area contributed by atoms with Gasteiger partial charge in [0.1, 0.15) is 11.5 Å². The van der Waals surface area contributed by atoms with Crippen LogP contribution >= 0.6 is 0 Å². The smallest absolute Gasteiger partial charge is 0.508 e. The van der Waals surface area contributed by atoms with Crippen molar-refractivity contribution in [1.82, 2.24) is 13.9 Å². The molecule has 1 aliphatic heterocycles. The molecule has 1 aromatic heterocycles. The van der Waals surface area contributed by atoms with Gasteiger partial charge in [-0.25, -0.2) is 23.5 Å². The second kappa shape index (κ2) is 11.7. The molecule has 0 unspecified atom stereocenters. The van der Waals surface area contributed by atoms with Crippen LogP contribution in [0.4, 0.5) is 13.2 Å². The molecule has 51 heavy (non-hydrogen) atoms. The number of hydrogen-bond donors (Lipinski definition) is 1. The Bertz CT molecular complexity index is 2390. The first-order valence-electron chi connectivity index (χ1n) is 16.2. The molecule has 2 aliphatic carbocycles. The summed E-state index contributed by atoms with van der Waals surface area (Å²) in [5.74, 6) is -4.49. The van der Waals surface area contributed by atoms with Crippen molar-refractivity contribution in [2.45, 2.75) is 36.7 Å². The lowest BCUT2D eigenvalue weighted by atomic mass is 9.47. The third kappa shape index (κ3) is 4.92. The number of phenolic OH excluding ortho intramolecular Hbond substituents is 1. The summed E-state index contributed by atoms with van der Waals surface area (Å²) in [5.41, 5.74) is -1.46. The number of phenols is 1. The van der Waals surface area contributed by atoms with Crippen LogP contribution in [0.15, 0.2) is 137 Å². The van der Waals surface area contributed by atoms with Gasteiger partial charge in [0.05, 0.1) is 23.7 Å². The van der Waals surface area contributed by atoms with Crippen molar-refractivity contribution in [3.8, 4) is 17.2 Å². The Hall–Kier alpha value is -6.17. The van der Waals surface area contributed by atoms with Crippen LogP contribution < -0.4 is 16.1 Å². The van der Waals surface area contributed by atoms with E-state index < -0.39 is 64.1 Å². The summed E-state index contributed by atoms with van der Waals surface area (Å²) >= 11 is 0. The molecule has 12 heteroatoms. The van der Waals surface area contributed by atoms with Gasteiger partial charge in [0.2, 0.25) is 0 Å². The van der Waals surface area contributed by atoms with Gasteiger partial charge in [-0.2, -0.15) is 0 Å². The number of fused-ring (bicyclic) bond motifs is 4. The Balaban J connectivity index is 1.43. The average Bonchev–Trinajstić information content (AvgIpc) is 3.39. The van der Waals surface area contributed by atoms with Crippen LogP contribution in [0.25, 0.3) is 11.3 Å². The van der Waals surface area contributed by atoms with Crippen molar-refractivity contribution in [2.75, 3.05) is 0 Å². The van der Waals surface area contributed by atoms with Crippen LogP contribution in [-0.2, 0) is 21.5 Å². The fourth-order valence-electron chi connectivity index (χ4n) is 8.24. The molecule has 2 heterocycles. The van der Waals surface area contributed by atoms with Crippen LogP contribution in [0.5, 0.6) is 11.5 Å². The van der Waals surface area contributed by atoms with Gasteiger partial charge < -0.3 is 9.84 Å². The molecule has 4 atom stereocenters. The van der Waals surface area contributed by atoms with E-state index in [0.717, 1.165) is 22.8 Å². The average molecular weight is 692 g/mol. The zero-order chi connectivity index (χ0) is 35.7. The Labute approximate surface area is 287 Å². The minimum Gasteiger partial charge on any atom is -0.508 e. The van der Waals surface area contributed by atoms with Crippen LogP contribution in [0, 0.1) is 5.92 Å². The molecule has 3 aliphatic rings. The monoisotopic (exact) mass is 691 g/mol. The number of ether oxygens (including phenoxy) is 1. The van der Waals surface area contributed by atoms with Gasteiger partial charge in [-0.15, -0.1) is 13.2 Å². The maximum absolute atomic E-state index is 15.0. The van der Waals surface area contributed by atoms with E-state index in [9.17, 15) is 32.7 Å². The summed E-state index contributed by atoms with van der Waals surface area (Å²) < 4.78 is 48.4. The minimum absolute atomic E-state index is 0.106. The standard InChI is InChI=1S/C39H28F3N3O6/c40-39(41,42)51-26-16-17-32(46)29(20-26)34-27-18-19-43-36(49)44(25-14-8-3-9-15-25)37(50)45(43)31(27)22-30-35(48)28(23-10-4-1-5-11-23)21-33(47)38(30,34)24-12-6-2-7-13-24/h1-18,20-21,30-31,34,46H,19,22H2/t30-,31+,34+,38-/m0/s1. The van der Waals surface area contributed by atoms with Crippen LogP contribution in [0.3, 0.4) is 0 Å². The molecule has 0 spiro atoms. The van der Waals surface area contributed by atoms with Crippen molar-refractivity contribution < 1.29 is 32.6 Å². The van der Waals surface area contributed by atoms with E-state index >= 15 is 4.79 Å². The third-order valence-corrected chi connectivity index (χ3v) is 10.2. The summed E-state index contributed by atoms with van der Waals surface area (Å²) in [7, 11) is 0. The van der Waals surface area contributed by atoms with Crippen molar-refractivity contribution in [3.63, 3.8) is 0 Å². The highest BCUT2D eigenvalue weighted by molar-refractivity contribution is 6.31. The SMILES string of the molecule is O=C1C(c2ccccc2)=CC(=O)[C@@]2(c3ccccc3)[C@@H](c3cc(OC(F)(F)F)ccc3O)C3=CCn4c(=O)n(-c5ccccc5)c(=O)n4[C@@H]3C[C@@H]12. The predicted molar refractivity (Wildman–Crippen MR) is 180 cm³/mol. The molecular formula is C39H28F3N3O6. The lowest BCUT2D eigenvalue weighted by Crippen LogP contribution is -2.58. The number of halogens is 3. The van der Waals surface area contributed by atoms with Crippen molar-refractivity contribution in [1.29, 1.82) is 0 Å². The highest BCUT2D eigenvalue weighted by atomic mass is 19.4. The van der Waals surface area contributed by atoms with Crippen LogP contribution in [0.1, 0.15) is 35.1 Å². The number of rotatable bonds is 5. The Kier molecular flexibility index (Phi) is 7.37. The highest BCUT2D eigenvalue weighted by Crippen LogP contribution is 2.62. The number of carbonyl (C=O) groups excluding carboxylic acids is 2. The molecule has 4 aromatic carbocycles. The summed E-state index contributed by atoms with van der Waals surface area (Å²) in [6, 6.07) is 27.4. The van der Waals surface area contributed by atoms with E-state index in [1.807, 2.05) is 0 Å². The maximum atomic E-state index is 15.0. The molecule has 8 rings (SSSR count). The number of allylic oxidation sites excluding steroid dienone is 4. The minimum atomic E-state index is -5.07. The molecule has 0 bridgehead atoms. The number of aromatic hydroxyl groups is 1. The van der Waals surface area contributed by atoms with Gasteiger partial charge in [-0.3, -0.25) is 9.59 Å². The molecule has 9 nitrogen and oxygen atoms in total. The summed E-state index contributed by atoms with van der Waals surface area (Å²) in [6.07, 6.45) is -2.24. The van der Waals surface area contributed by atoms with Crippen molar-refractivity contribution in [2.24, 2.45) is 5.92 Å². The molecule has 0 radical (unpaired) electrons. The number of Topliss-reactive ketones (excluding diaryl/α,β-unsaturated/α-hetero) is 1. The second-order valence-electron chi connectivity index (χ2n) is 12.8. The predicted octanol–water partition coefficient (Wildman–Crippen LogP) is 5.86. The summed E-state index contributed by atoms with van der Waals surface area (Å²) in [4.78, 5) is 58.0. The topological polar surface area (TPSA) is 113 Å². The molecule has 0 saturated heterocycles. The highest BCUT2D eigenvalue weighted by Gasteiger charge is 2.63. The summed E-state index contributed by atoms with van der Waals surface area (Å²) in [5, 5.41) is 11.5. The van der Waals surface area contributed by atoms with E-state index in [4.69, 9.17) is 0 Å². The zero-order valence-corrected chi connectivity index (χ0v) is 26.7. The van der Waals surface area contributed by atoms with E-state index in [-0.39, 0.29) is 24.1 Å². The quantitative estimate of drug-likeness (QED) is 0.231. The number of alkyl halides is 3. The number of aromatic nitrogens is 3. The number of carbonyl (C=O) groups is 2. The van der Waals surface area contributed by atoms with Gasteiger partial charge >= 0.3 is 17.7 Å². The van der Waals surface area contributed by atoms with Crippen molar-refractivity contribution >= 4 is 17.1 Å². The molecular weight excluding hydrogens is 663 g/mol. The first-order chi connectivity index (χ1) is 24.5. The maximum Gasteiger partial charge on any atom is 0.573 e. The number of ketones is 2. The fourth-order valence-corrected chi connectivity index (χ4v) is 8.24. The van der Waals surface area contributed by atoms with Crippen LogP contribution in [0.2, 0.25) is 0 Å². The Morgan fingerprint density at radius 2 is 1.45 bits per heavy atom. The Morgan fingerprint density at radius 3 is 2.12 bits per heavy atom. The number of benzene rings is 4. The number of hydrogen-bond acceptors (Lipinski definition) is 6. The third-order valence-electron chi connectivity index (χ3n) is 10.2. The molecule has 1 fully saturated rings. The molecule has 1 saturated carbocycles. The second-order valence-corrected chi connectivity index (χ2v) is 12.8. The first-order valence-corrected chi connectivity index (χ1v) is 16.2. The van der Waals surface area contributed by atoms with E-state index in [2.05, 4.69) is 4.74 Å². The van der Waals surface area contributed by atoms with Gasteiger partial charge in [-0.05, 0) is 59.5 Å². The zero-order valence-electron chi connectivity index (χ0n) is 26.7. The van der Waals surface area contributed by atoms with Gasteiger partial charge in [0, 0.05) is 23.0 Å². The molecule has 256 valence electrons. The largest absolute Gasteiger partial charge is 0.573 e. The molecule has 1 N–H and O–H groups in total. The van der Waals surface area contributed by atoms with Gasteiger partial charge in [0.15, 0.2) is 11.6 Å². The lowest BCUT2D eigenvalue weighted by Gasteiger charge is -2.54. The molecule has 0 amide bonds. The van der Waals surface area contributed by atoms with Crippen molar-refractivity contribution in [3.05, 3.63) is 165 Å². The number of nitrogens with zero attached hydrogens (tertiary/aromatic N) is 3. The van der Waals surface area contributed by atoms with Gasteiger partial charge in [-0.1, -0.05) is 84.9 Å². The van der Waals surface area contributed by atoms with E-state index in [1.165, 1.54) is 15.4 Å². The van der Waals surface area contributed by atoms with E-state index in [1.54, 1.807) is 97.1 Å². The van der Waals surface area contributed by atoms with Crippen LogP contribution in [-0.4, -0.2) is 37.0 Å². The first kappa shape index (κ1) is 32.1. The normalized spacial score (nSPS) is 22.7.